The number of aromatic nitrogens is 3. The van der Waals surface area contributed by atoms with Crippen LogP contribution >= 0.6 is 0 Å². The fraction of sp³-hybridized carbons (Fsp3) is 0.227. The van der Waals surface area contributed by atoms with E-state index in [1.54, 1.807) is 25.2 Å². The fourth-order valence-corrected chi connectivity index (χ4v) is 3.50. The molecule has 2 heterocycles. The molecule has 2 aromatic carbocycles. The molecule has 2 aromatic heterocycles. The summed E-state index contributed by atoms with van der Waals surface area (Å²) in [5.74, 6) is -0.301. The van der Waals surface area contributed by atoms with E-state index >= 15 is 0 Å². The minimum absolute atomic E-state index is 0.111. The summed E-state index contributed by atoms with van der Waals surface area (Å²) >= 11 is 0. The monoisotopic (exact) mass is 390 g/mol. The summed E-state index contributed by atoms with van der Waals surface area (Å²) in [5.41, 5.74) is 4.80. The van der Waals surface area contributed by atoms with Crippen LogP contribution in [0, 0.1) is 13.8 Å². The van der Waals surface area contributed by atoms with Crippen LogP contribution in [0.3, 0.4) is 0 Å². The van der Waals surface area contributed by atoms with Gasteiger partial charge in [-0.05, 0) is 67.3 Å². The zero-order valence-electron chi connectivity index (χ0n) is 16.5. The number of phenols is 1. The first-order valence-corrected chi connectivity index (χ1v) is 9.40. The second kappa shape index (κ2) is 7.09. The second-order valence-electron chi connectivity index (χ2n) is 7.30. The highest BCUT2D eigenvalue weighted by molar-refractivity contribution is 5.94. The molecule has 3 N–H and O–H groups in total. The van der Waals surface area contributed by atoms with Crippen molar-refractivity contribution < 1.29 is 9.90 Å². The van der Waals surface area contributed by atoms with Crippen LogP contribution < -0.4 is 10.9 Å². The van der Waals surface area contributed by atoms with Gasteiger partial charge < -0.3 is 20.0 Å². The van der Waals surface area contributed by atoms with Gasteiger partial charge in [-0.2, -0.15) is 0 Å². The molecular weight excluding hydrogens is 368 g/mol. The van der Waals surface area contributed by atoms with Crippen molar-refractivity contribution in [1.82, 2.24) is 19.9 Å². The Hall–Kier alpha value is -3.61. The first-order valence-electron chi connectivity index (χ1n) is 9.40. The molecule has 7 nitrogen and oxygen atoms in total. The van der Waals surface area contributed by atoms with E-state index in [2.05, 4.69) is 15.3 Å². The number of phenolic OH excluding ortho intramolecular Hbond substituents is 1. The Morgan fingerprint density at radius 1 is 1.21 bits per heavy atom. The summed E-state index contributed by atoms with van der Waals surface area (Å²) < 4.78 is 1.46. The molecule has 4 rings (SSSR count). The lowest BCUT2D eigenvalue weighted by Crippen LogP contribution is -2.34. The maximum absolute atomic E-state index is 12.6. The van der Waals surface area contributed by atoms with Gasteiger partial charge in [0.05, 0.1) is 11.0 Å². The van der Waals surface area contributed by atoms with Gasteiger partial charge in [0, 0.05) is 30.7 Å². The summed E-state index contributed by atoms with van der Waals surface area (Å²) in [4.78, 5) is 32.7. The van der Waals surface area contributed by atoms with Crippen LogP contribution in [-0.4, -0.2) is 32.1 Å². The molecular formula is C22H22N4O3. The van der Waals surface area contributed by atoms with Crippen LogP contribution in [0.25, 0.3) is 21.9 Å². The zero-order valence-corrected chi connectivity index (χ0v) is 16.5. The first-order chi connectivity index (χ1) is 13.8. The van der Waals surface area contributed by atoms with Crippen LogP contribution in [0.4, 0.5) is 0 Å². The number of benzene rings is 2. The number of nitrogens with one attached hydrogen (secondary N) is 2. The molecule has 148 valence electrons. The molecule has 0 aliphatic rings. The van der Waals surface area contributed by atoms with Crippen LogP contribution in [0.5, 0.6) is 5.75 Å². The van der Waals surface area contributed by atoms with E-state index in [4.69, 9.17) is 0 Å². The van der Waals surface area contributed by atoms with E-state index in [0.717, 1.165) is 27.6 Å². The molecule has 0 aliphatic heterocycles. The summed E-state index contributed by atoms with van der Waals surface area (Å²) in [6, 6.07) is 8.91. The van der Waals surface area contributed by atoms with Gasteiger partial charge in [0.15, 0.2) is 5.69 Å². The van der Waals surface area contributed by atoms with Crippen molar-refractivity contribution in [2.24, 2.45) is 7.05 Å². The first kappa shape index (κ1) is 18.7. The minimum atomic E-state index is -0.492. The summed E-state index contributed by atoms with van der Waals surface area (Å²) in [6.07, 6.45) is 2.41. The smallest absolute Gasteiger partial charge is 0.282 e. The Morgan fingerprint density at radius 2 is 1.97 bits per heavy atom. The van der Waals surface area contributed by atoms with Gasteiger partial charge in [0.25, 0.3) is 11.5 Å². The van der Waals surface area contributed by atoms with Gasteiger partial charge >= 0.3 is 0 Å². The molecule has 0 spiro atoms. The lowest BCUT2D eigenvalue weighted by Gasteiger charge is -2.10. The Labute approximate surface area is 167 Å². The van der Waals surface area contributed by atoms with E-state index < -0.39 is 11.5 Å². The van der Waals surface area contributed by atoms with E-state index in [-0.39, 0.29) is 11.4 Å². The minimum Gasteiger partial charge on any atom is -0.508 e. The summed E-state index contributed by atoms with van der Waals surface area (Å²) in [7, 11) is 1.65. The molecule has 0 saturated carbocycles. The Morgan fingerprint density at radius 3 is 2.76 bits per heavy atom. The Kier molecular flexibility index (Phi) is 4.58. The number of rotatable bonds is 4. The molecule has 0 aliphatic carbocycles. The van der Waals surface area contributed by atoms with Gasteiger partial charge in [-0.25, -0.2) is 4.98 Å². The normalized spacial score (nSPS) is 11.3. The van der Waals surface area contributed by atoms with Gasteiger partial charge in [-0.1, -0.05) is 0 Å². The topological polar surface area (TPSA) is 100 Å². The third-order valence-corrected chi connectivity index (χ3v) is 5.34. The molecule has 7 heteroatoms. The van der Waals surface area contributed by atoms with Gasteiger partial charge in [-0.3, -0.25) is 9.59 Å². The number of H-pyrrole nitrogens is 1. The number of aryl methyl sites for hydroxylation is 3. The van der Waals surface area contributed by atoms with E-state index in [0.29, 0.717) is 24.0 Å². The van der Waals surface area contributed by atoms with Crippen molar-refractivity contribution in [2.45, 2.75) is 20.3 Å². The van der Waals surface area contributed by atoms with Crippen molar-refractivity contribution >= 4 is 27.8 Å². The van der Waals surface area contributed by atoms with Crippen LogP contribution in [0.1, 0.15) is 27.2 Å². The predicted molar refractivity (Wildman–Crippen MR) is 112 cm³/mol. The van der Waals surface area contributed by atoms with Crippen molar-refractivity contribution in [2.75, 3.05) is 6.54 Å². The number of amides is 1. The SMILES string of the molecule is Cc1cc2nc(C(=O)NCCc3c[nH]c4ccc(O)cc34)c(=O)n(C)c2cc1C. The van der Waals surface area contributed by atoms with Crippen LogP contribution in [0.2, 0.25) is 0 Å². The van der Waals surface area contributed by atoms with Crippen LogP contribution in [-0.2, 0) is 13.5 Å². The molecule has 0 saturated heterocycles. The zero-order chi connectivity index (χ0) is 20.7. The molecule has 0 bridgehead atoms. The predicted octanol–water partition coefficient (Wildman–Crippen LogP) is 2.71. The van der Waals surface area contributed by atoms with E-state index in [1.807, 2.05) is 32.2 Å². The molecule has 1 amide bonds. The third-order valence-electron chi connectivity index (χ3n) is 5.34. The second-order valence-corrected chi connectivity index (χ2v) is 7.30. The fourth-order valence-electron chi connectivity index (χ4n) is 3.50. The number of aromatic amines is 1. The highest BCUT2D eigenvalue weighted by atomic mass is 16.3. The van der Waals surface area contributed by atoms with Crippen molar-refractivity contribution in [1.29, 1.82) is 0 Å². The highest BCUT2D eigenvalue weighted by Gasteiger charge is 2.16. The average Bonchev–Trinajstić information content (AvgIpc) is 3.08. The highest BCUT2D eigenvalue weighted by Crippen LogP contribution is 2.23. The number of nitrogens with zero attached hydrogens (tertiary/aromatic N) is 2. The van der Waals surface area contributed by atoms with Crippen molar-refractivity contribution in [3.05, 3.63) is 69.3 Å². The number of hydrogen-bond donors (Lipinski definition) is 3. The molecule has 4 aromatic rings. The summed E-state index contributed by atoms with van der Waals surface area (Å²) in [5, 5.41) is 13.4. The quantitative estimate of drug-likeness (QED) is 0.499. The maximum Gasteiger partial charge on any atom is 0.282 e. The Balaban J connectivity index is 1.56. The van der Waals surface area contributed by atoms with Crippen molar-refractivity contribution in [3.63, 3.8) is 0 Å². The molecule has 0 atom stereocenters. The molecule has 0 radical (unpaired) electrons. The third kappa shape index (κ3) is 3.35. The van der Waals surface area contributed by atoms with Crippen LogP contribution in [0.15, 0.2) is 41.3 Å². The number of carbonyl (C=O) groups excluding carboxylic acids is 1. The van der Waals surface area contributed by atoms with Gasteiger partial charge in [0.1, 0.15) is 5.75 Å². The summed E-state index contributed by atoms with van der Waals surface area (Å²) in [6.45, 7) is 4.29. The van der Waals surface area contributed by atoms with Crippen molar-refractivity contribution in [3.8, 4) is 5.75 Å². The number of aromatic hydroxyl groups is 1. The van der Waals surface area contributed by atoms with E-state index in [1.165, 1.54) is 4.57 Å². The number of carbonyl (C=O) groups is 1. The standard InChI is InChI=1S/C22H22N4O3/c1-12-8-18-19(9-13(12)2)26(3)22(29)20(25-18)21(28)23-7-6-14-11-24-17-5-4-15(27)10-16(14)17/h4-5,8-11,24,27H,6-7H2,1-3H3,(H,23,28). The number of hydrogen-bond acceptors (Lipinski definition) is 4. The largest absolute Gasteiger partial charge is 0.508 e. The lowest BCUT2D eigenvalue weighted by atomic mass is 10.1. The average molecular weight is 390 g/mol. The molecule has 0 unspecified atom stereocenters. The lowest BCUT2D eigenvalue weighted by molar-refractivity contribution is 0.0947. The number of fused-ring (bicyclic) bond motifs is 2. The van der Waals surface area contributed by atoms with Gasteiger partial charge in [0.2, 0.25) is 0 Å². The van der Waals surface area contributed by atoms with Gasteiger partial charge in [-0.15, -0.1) is 0 Å². The molecule has 0 fully saturated rings. The maximum atomic E-state index is 12.6. The van der Waals surface area contributed by atoms with E-state index in [9.17, 15) is 14.7 Å². The Bertz CT molecular complexity index is 1320. The molecule has 29 heavy (non-hydrogen) atoms.